The molecule has 106 valence electrons. The fraction of sp³-hybridized carbons (Fsp3) is 0.333. The summed E-state index contributed by atoms with van der Waals surface area (Å²) in [7, 11) is 1.81. The van der Waals surface area contributed by atoms with Gasteiger partial charge in [-0.1, -0.05) is 12.1 Å². The third kappa shape index (κ3) is 3.19. The lowest BCUT2D eigenvalue weighted by molar-refractivity contribution is 0.0755. The van der Waals surface area contributed by atoms with Gasteiger partial charge in [-0.15, -0.1) is 22.9 Å². The molecule has 3 nitrogen and oxygen atoms in total. The molecule has 1 amide bonds. The topological polar surface area (TPSA) is 33.2 Å². The molecule has 5 heteroatoms. The molecule has 1 heterocycles. The van der Waals surface area contributed by atoms with Crippen molar-refractivity contribution in [2.24, 2.45) is 0 Å². The molecule has 0 N–H and O–H groups in total. The van der Waals surface area contributed by atoms with Crippen LogP contribution in [0.1, 0.15) is 29.9 Å². The summed E-state index contributed by atoms with van der Waals surface area (Å²) in [6.07, 6.45) is 0. The number of benzene rings is 1. The second-order valence-electron chi connectivity index (χ2n) is 4.87. The Morgan fingerprint density at radius 2 is 2.20 bits per heavy atom. The van der Waals surface area contributed by atoms with Gasteiger partial charge in [0.1, 0.15) is 5.01 Å². The van der Waals surface area contributed by atoms with Crippen LogP contribution >= 0.6 is 22.9 Å². The summed E-state index contributed by atoms with van der Waals surface area (Å²) in [5.74, 6) is 0.432. The molecule has 0 bridgehead atoms. The molecular formula is C15H17ClN2OS. The summed E-state index contributed by atoms with van der Waals surface area (Å²) < 4.78 is 0. The minimum absolute atomic E-state index is 0.0240. The van der Waals surface area contributed by atoms with E-state index in [0.717, 1.165) is 16.3 Å². The zero-order valence-electron chi connectivity index (χ0n) is 11.8. The summed E-state index contributed by atoms with van der Waals surface area (Å²) in [4.78, 5) is 18.5. The van der Waals surface area contributed by atoms with Crippen molar-refractivity contribution in [3.8, 4) is 10.6 Å². The number of hydrogen-bond acceptors (Lipinski definition) is 3. The van der Waals surface area contributed by atoms with Crippen molar-refractivity contribution in [3.63, 3.8) is 0 Å². The molecule has 0 aliphatic carbocycles. The van der Waals surface area contributed by atoms with E-state index in [1.54, 1.807) is 16.2 Å². The number of rotatable bonds is 4. The number of thiazole rings is 1. The highest BCUT2D eigenvalue weighted by atomic mass is 35.5. The second-order valence-corrected chi connectivity index (χ2v) is 5.99. The number of aromatic nitrogens is 1. The van der Waals surface area contributed by atoms with Gasteiger partial charge in [-0.05, 0) is 26.0 Å². The first-order valence-corrected chi connectivity index (χ1v) is 7.82. The van der Waals surface area contributed by atoms with Crippen LogP contribution in [0.4, 0.5) is 0 Å². The Morgan fingerprint density at radius 3 is 2.80 bits per heavy atom. The predicted molar refractivity (Wildman–Crippen MR) is 84.3 cm³/mol. The van der Waals surface area contributed by atoms with Crippen LogP contribution in [-0.4, -0.2) is 28.9 Å². The van der Waals surface area contributed by atoms with Gasteiger partial charge in [0.2, 0.25) is 0 Å². The van der Waals surface area contributed by atoms with E-state index in [9.17, 15) is 4.79 Å². The number of carbonyl (C=O) groups excluding carboxylic acids is 1. The summed E-state index contributed by atoms with van der Waals surface area (Å²) in [5, 5.41) is 2.83. The molecule has 0 saturated carbocycles. The SMILES string of the molecule is CC(C)N(C)C(=O)c1cccc(-c2nc(CCl)cs2)c1. The van der Waals surface area contributed by atoms with Crippen molar-refractivity contribution in [1.29, 1.82) is 0 Å². The average Bonchev–Trinajstić information content (AvgIpc) is 2.94. The Kier molecular flexibility index (Phi) is 4.78. The van der Waals surface area contributed by atoms with E-state index in [1.807, 2.05) is 50.5 Å². The number of carbonyl (C=O) groups is 1. The summed E-state index contributed by atoms with van der Waals surface area (Å²) >= 11 is 7.31. The molecule has 0 aliphatic rings. The Morgan fingerprint density at radius 1 is 1.45 bits per heavy atom. The molecule has 1 aromatic heterocycles. The van der Waals surface area contributed by atoms with E-state index < -0.39 is 0 Å². The molecule has 0 unspecified atom stereocenters. The van der Waals surface area contributed by atoms with Crippen LogP contribution in [-0.2, 0) is 5.88 Å². The van der Waals surface area contributed by atoms with Crippen molar-refractivity contribution in [1.82, 2.24) is 9.88 Å². The van der Waals surface area contributed by atoms with Gasteiger partial charge in [0.05, 0.1) is 11.6 Å². The van der Waals surface area contributed by atoms with Crippen LogP contribution in [0.25, 0.3) is 10.6 Å². The van der Waals surface area contributed by atoms with Crippen LogP contribution in [0, 0.1) is 0 Å². The van der Waals surface area contributed by atoms with Gasteiger partial charge in [-0.2, -0.15) is 0 Å². The highest BCUT2D eigenvalue weighted by Crippen LogP contribution is 2.25. The highest BCUT2D eigenvalue weighted by Gasteiger charge is 2.15. The van der Waals surface area contributed by atoms with Gasteiger partial charge in [-0.3, -0.25) is 4.79 Å². The lowest BCUT2D eigenvalue weighted by Gasteiger charge is -2.21. The molecule has 0 aliphatic heterocycles. The van der Waals surface area contributed by atoms with Crippen LogP contribution in [0.5, 0.6) is 0 Å². The molecule has 2 rings (SSSR count). The Balaban J connectivity index is 2.30. The van der Waals surface area contributed by atoms with Crippen molar-refractivity contribution in [3.05, 3.63) is 40.9 Å². The van der Waals surface area contributed by atoms with Crippen molar-refractivity contribution in [2.75, 3.05) is 7.05 Å². The Bertz CT molecular complexity index is 609. The average molecular weight is 309 g/mol. The van der Waals surface area contributed by atoms with Gasteiger partial charge in [0.15, 0.2) is 0 Å². The number of amides is 1. The predicted octanol–water partition coefficient (Wildman–Crippen LogP) is 4.03. The molecule has 2 aromatic rings. The fourth-order valence-corrected chi connectivity index (χ4v) is 2.77. The van der Waals surface area contributed by atoms with E-state index in [2.05, 4.69) is 4.98 Å². The first-order valence-electron chi connectivity index (χ1n) is 6.41. The van der Waals surface area contributed by atoms with Gasteiger partial charge in [0.25, 0.3) is 5.91 Å². The Labute approximate surface area is 128 Å². The van der Waals surface area contributed by atoms with Gasteiger partial charge < -0.3 is 4.90 Å². The van der Waals surface area contributed by atoms with Gasteiger partial charge in [0, 0.05) is 29.6 Å². The zero-order chi connectivity index (χ0) is 14.7. The van der Waals surface area contributed by atoms with E-state index >= 15 is 0 Å². The number of nitrogens with zero attached hydrogens (tertiary/aromatic N) is 2. The molecular weight excluding hydrogens is 292 g/mol. The second kappa shape index (κ2) is 6.37. The third-order valence-corrected chi connectivity index (χ3v) is 4.35. The summed E-state index contributed by atoms with van der Waals surface area (Å²) in [5.41, 5.74) is 2.50. The van der Waals surface area contributed by atoms with Crippen molar-refractivity contribution < 1.29 is 4.79 Å². The molecule has 1 aromatic carbocycles. The lowest BCUT2D eigenvalue weighted by atomic mass is 10.1. The smallest absolute Gasteiger partial charge is 0.253 e. The fourth-order valence-electron chi connectivity index (χ4n) is 1.72. The van der Waals surface area contributed by atoms with Gasteiger partial charge >= 0.3 is 0 Å². The molecule has 0 radical (unpaired) electrons. The number of alkyl halides is 1. The first kappa shape index (κ1) is 15.0. The quantitative estimate of drug-likeness (QED) is 0.799. The Hall–Kier alpha value is -1.39. The first-order chi connectivity index (χ1) is 9.52. The number of hydrogen-bond donors (Lipinski definition) is 0. The molecule has 0 saturated heterocycles. The zero-order valence-corrected chi connectivity index (χ0v) is 13.3. The largest absolute Gasteiger partial charge is 0.339 e. The summed E-state index contributed by atoms with van der Waals surface area (Å²) in [6, 6.07) is 7.74. The maximum atomic E-state index is 12.3. The standard InChI is InChI=1S/C15H17ClN2OS/c1-10(2)18(3)15(19)12-6-4-5-11(7-12)14-17-13(8-16)9-20-14/h4-7,9-10H,8H2,1-3H3. The van der Waals surface area contributed by atoms with Crippen LogP contribution in [0.2, 0.25) is 0 Å². The maximum Gasteiger partial charge on any atom is 0.253 e. The van der Waals surface area contributed by atoms with Crippen molar-refractivity contribution >= 4 is 28.8 Å². The van der Waals surface area contributed by atoms with Crippen LogP contribution in [0.3, 0.4) is 0 Å². The minimum atomic E-state index is 0.0240. The van der Waals surface area contributed by atoms with Crippen molar-refractivity contribution in [2.45, 2.75) is 25.8 Å². The number of halogens is 1. The molecule has 0 spiro atoms. The monoisotopic (exact) mass is 308 g/mol. The summed E-state index contributed by atoms with van der Waals surface area (Å²) in [6.45, 7) is 3.99. The lowest BCUT2D eigenvalue weighted by Crippen LogP contribution is -2.32. The maximum absolute atomic E-state index is 12.3. The molecule has 0 fully saturated rings. The minimum Gasteiger partial charge on any atom is -0.339 e. The normalized spacial score (nSPS) is 10.8. The molecule has 0 atom stereocenters. The van der Waals surface area contributed by atoms with E-state index in [0.29, 0.717) is 11.4 Å². The van der Waals surface area contributed by atoms with E-state index in [-0.39, 0.29) is 11.9 Å². The van der Waals surface area contributed by atoms with E-state index in [1.165, 1.54) is 0 Å². The van der Waals surface area contributed by atoms with Gasteiger partial charge in [-0.25, -0.2) is 4.98 Å². The highest BCUT2D eigenvalue weighted by molar-refractivity contribution is 7.13. The van der Waals surface area contributed by atoms with Crippen LogP contribution < -0.4 is 0 Å². The van der Waals surface area contributed by atoms with Crippen LogP contribution in [0.15, 0.2) is 29.6 Å². The van der Waals surface area contributed by atoms with E-state index in [4.69, 9.17) is 11.6 Å². The third-order valence-electron chi connectivity index (χ3n) is 3.14. The molecule has 20 heavy (non-hydrogen) atoms.